The first-order valence-electron chi connectivity index (χ1n) is 7.09. The molecule has 114 valence electrons. The smallest absolute Gasteiger partial charge is 0.261 e. The van der Waals surface area contributed by atoms with Gasteiger partial charge in [0.2, 0.25) is 0 Å². The van der Waals surface area contributed by atoms with Crippen LogP contribution in [0.15, 0.2) is 0 Å². The molecule has 0 aliphatic rings. The summed E-state index contributed by atoms with van der Waals surface area (Å²) in [5.41, 5.74) is 11.6. The molecule has 0 bridgehead atoms. The average molecular weight is 299 g/mol. The normalized spacial score (nSPS) is 10.8. The Hall–Kier alpha value is -1.43. The van der Waals surface area contributed by atoms with Gasteiger partial charge in [-0.1, -0.05) is 26.2 Å². The van der Waals surface area contributed by atoms with Crippen LogP contribution in [0.3, 0.4) is 0 Å². The lowest BCUT2D eigenvalue weighted by Crippen LogP contribution is -2.12. The van der Waals surface area contributed by atoms with Crippen LogP contribution in [0.25, 0.3) is 0 Å². The second kappa shape index (κ2) is 7.99. The maximum Gasteiger partial charge on any atom is 0.261 e. The first-order chi connectivity index (χ1) is 9.47. The number of nitrogen functional groups attached to an aromatic ring is 1. The molecule has 0 aliphatic heterocycles. The predicted molar refractivity (Wildman–Crippen MR) is 85.6 cm³/mol. The molecule has 6 heteroatoms. The topological polar surface area (TPSA) is 90.4 Å². The first kappa shape index (κ1) is 16.6. The number of primary amides is 1. The van der Waals surface area contributed by atoms with Crippen LogP contribution in [-0.2, 0) is 0 Å². The first-order valence-corrected chi connectivity index (χ1v) is 7.91. The highest BCUT2D eigenvalue weighted by molar-refractivity contribution is 7.19. The molecule has 0 aromatic carbocycles. The molecule has 0 aliphatic carbocycles. The highest BCUT2D eigenvalue weighted by atomic mass is 32.1. The molecule has 1 aromatic rings. The molecule has 5 nitrogen and oxygen atoms in total. The average Bonchev–Trinajstić information content (AvgIpc) is 2.67. The van der Waals surface area contributed by atoms with Crippen LogP contribution in [0.4, 0.5) is 10.7 Å². The summed E-state index contributed by atoms with van der Waals surface area (Å²) in [6.45, 7) is 6.87. The lowest BCUT2D eigenvalue weighted by Gasteiger charge is -2.12. The van der Waals surface area contributed by atoms with Gasteiger partial charge >= 0.3 is 0 Å². The monoisotopic (exact) mass is 299 g/mol. The molecule has 0 saturated heterocycles. The maximum atomic E-state index is 11.4. The van der Waals surface area contributed by atoms with Gasteiger partial charge in [0.15, 0.2) is 5.75 Å². The Morgan fingerprint density at radius 1 is 1.35 bits per heavy atom. The van der Waals surface area contributed by atoms with E-state index in [9.17, 15) is 4.79 Å². The van der Waals surface area contributed by atoms with E-state index in [1.807, 2.05) is 13.8 Å². The summed E-state index contributed by atoms with van der Waals surface area (Å²) in [7, 11) is 0. The van der Waals surface area contributed by atoms with Crippen LogP contribution < -0.4 is 21.5 Å². The van der Waals surface area contributed by atoms with E-state index in [0.717, 1.165) is 18.0 Å². The van der Waals surface area contributed by atoms with Gasteiger partial charge in [-0.15, -0.1) is 11.3 Å². The van der Waals surface area contributed by atoms with Gasteiger partial charge in [-0.25, -0.2) is 0 Å². The van der Waals surface area contributed by atoms with Crippen molar-refractivity contribution >= 4 is 27.9 Å². The standard InChI is InChI=1S/C14H25N3O2S/c1-4-5-6-7-8-17-14-11(19-9(2)3)10(15)12(20-14)13(16)18/h9,17H,4-8,15H2,1-3H3,(H2,16,18). The fraction of sp³-hybridized carbons (Fsp3) is 0.643. The number of nitrogens with two attached hydrogens (primary N) is 2. The van der Waals surface area contributed by atoms with Crippen molar-refractivity contribution in [2.24, 2.45) is 5.73 Å². The van der Waals surface area contributed by atoms with Crippen molar-refractivity contribution in [3.05, 3.63) is 4.88 Å². The zero-order chi connectivity index (χ0) is 15.1. The van der Waals surface area contributed by atoms with Gasteiger partial charge in [0.25, 0.3) is 5.91 Å². The minimum atomic E-state index is -0.514. The van der Waals surface area contributed by atoms with Crippen LogP contribution in [-0.4, -0.2) is 18.6 Å². The Morgan fingerprint density at radius 3 is 2.60 bits per heavy atom. The van der Waals surface area contributed by atoms with E-state index >= 15 is 0 Å². The summed E-state index contributed by atoms with van der Waals surface area (Å²) >= 11 is 1.26. The summed E-state index contributed by atoms with van der Waals surface area (Å²) in [6.07, 6.45) is 4.70. The zero-order valence-electron chi connectivity index (χ0n) is 12.5. The molecule has 0 unspecified atom stereocenters. The number of ether oxygens (including phenoxy) is 1. The molecule has 0 radical (unpaired) electrons. The van der Waals surface area contributed by atoms with Crippen molar-refractivity contribution in [3.63, 3.8) is 0 Å². The third-order valence-electron chi connectivity index (χ3n) is 2.79. The molecular weight excluding hydrogens is 274 g/mol. The maximum absolute atomic E-state index is 11.4. The second-order valence-electron chi connectivity index (χ2n) is 5.02. The van der Waals surface area contributed by atoms with E-state index in [4.69, 9.17) is 16.2 Å². The summed E-state index contributed by atoms with van der Waals surface area (Å²) in [5, 5.41) is 4.09. The van der Waals surface area contributed by atoms with E-state index in [0.29, 0.717) is 16.3 Å². The third-order valence-corrected chi connectivity index (χ3v) is 3.95. The van der Waals surface area contributed by atoms with Gasteiger partial charge in [-0.2, -0.15) is 0 Å². The van der Waals surface area contributed by atoms with Gasteiger partial charge in [0.1, 0.15) is 15.6 Å². The number of rotatable bonds is 9. The molecule has 0 saturated carbocycles. The molecule has 1 rings (SSSR count). The number of carbonyl (C=O) groups excluding carboxylic acids is 1. The van der Waals surface area contributed by atoms with Crippen molar-refractivity contribution in [1.82, 2.24) is 0 Å². The van der Waals surface area contributed by atoms with Crippen molar-refractivity contribution in [3.8, 4) is 5.75 Å². The van der Waals surface area contributed by atoms with E-state index < -0.39 is 5.91 Å². The molecule has 1 aromatic heterocycles. The number of amides is 1. The fourth-order valence-corrected chi connectivity index (χ4v) is 2.77. The third kappa shape index (κ3) is 4.59. The quantitative estimate of drug-likeness (QED) is 0.611. The van der Waals surface area contributed by atoms with Crippen LogP contribution >= 0.6 is 11.3 Å². The lowest BCUT2D eigenvalue weighted by molar-refractivity contribution is 0.100. The predicted octanol–water partition coefficient (Wildman–Crippen LogP) is 3.21. The zero-order valence-corrected chi connectivity index (χ0v) is 13.3. The summed E-state index contributed by atoms with van der Waals surface area (Å²) < 4.78 is 5.70. The van der Waals surface area contributed by atoms with Gasteiger partial charge in [0.05, 0.1) is 6.10 Å². The number of thiophene rings is 1. The number of hydrogen-bond donors (Lipinski definition) is 3. The molecule has 0 fully saturated rings. The summed E-state index contributed by atoms with van der Waals surface area (Å²) in [5.74, 6) is 0.0365. The minimum absolute atomic E-state index is 0.00623. The number of nitrogens with one attached hydrogen (secondary N) is 1. The SMILES string of the molecule is CCCCCCNc1sc(C(N)=O)c(N)c1OC(C)C. The van der Waals surface area contributed by atoms with Crippen LogP contribution in [0, 0.1) is 0 Å². The molecular formula is C14H25N3O2S. The number of unbranched alkanes of at least 4 members (excludes halogenated alkanes) is 3. The summed E-state index contributed by atoms with van der Waals surface area (Å²) in [4.78, 5) is 11.7. The molecule has 0 spiro atoms. The highest BCUT2D eigenvalue weighted by Crippen LogP contribution is 2.42. The molecule has 5 N–H and O–H groups in total. The minimum Gasteiger partial charge on any atom is -0.486 e. The number of carbonyl (C=O) groups is 1. The Morgan fingerprint density at radius 2 is 2.05 bits per heavy atom. The fourth-order valence-electron chi connectivity index (χ4n) is 1.83. The van der Waals surface area contributed by atoms with E-state index in [2.05, 4.69) is 12.2 Å². The van der Waals surface area contributed by atoms with Gasteiger partial charge in [0, 0.05) is 6.54 Å². The number of anilines is 2. The van der Waals surface area contributed by atoms with Gasteiger partial charge in [-0.05, 0) is 20.3 Å². The van der Waals surface area contributed by atoms with E-state index in [1.165, 1.54) is 30.6 Å². The Balaban J connectivity index is 2.76. The largest absolute Gasteiger partial charge is 0.486 e. The lowest BCUT2D eigenvalue weighted by atomic mass is 10.2. The molecule has 1 amide bonds. The van der Waals surface area contributed by atoms with Gasteiger partial charge in [-0.3, -0.25) is 4.79 Å². The summed E-state index contributed by atoms with van der Waals surface area (Å²) in [6, 6.07) is 0. The van der Waals surface area contributed by atoms with Crippen LogP contribution in [0.2, 0.25) is 0 Å². The van der Waals surface area contributed by atoms with E-state index in [1.54, 1.807) is 0 Å². The van der Waals surface area contributed by atoms with Crippen molar-refractivity contribution in [2.45, 2.75) is 52.6 Å². The van der Waals surface area contributed by atoms with Crippen molar-refractivity contribution < 1.29 is 9.53 Å². The Kier molecular flexibility index (Phi) is 6.64. The van der Waals surface area contributed by atoms with Gasteiger partial charge < -0.3 is 21.5 Å². The molecule has 0 atom stereocenters. The molecule has 1 heterocycles. The second-order valence-corrected chi connectivity index (χ2v) is 6.04. The molecule has 20 heavy (non-hydrogen) atoms. The van der Waals surface area contributed by atoms with Crippen molar-refractivity contribution in [1.29, 1.82) is 0 Å². The Labute approximate surface area is 124 Å². The number of hydrogen-bond acceptors (Lipinski definition) is 5. The van der Waals surface area contributed by atoms with Crippen LogP contribution in [0.5, 0.6) is 5.75 Å². The Bertz CT molecular complexity index is 444. The van der Waals surface area contributed by atoms with Crippen LogP contribution in [0.1, 0.15) is 56.1 Å². The van der Waals surface area contributed by atoms with Crippen molar-refractivity contribution in [2.75, 3.05) is 17.6 Å². The highest BCUT2D eigenvalue weighted by Gasteiger charge is 2.21. The van der Waals surface area contributed by atoms with E-state index in [-0.39, 0.29) is 6.10 Å².